The number of nitrogens with zero attached hydrogens (tertiary/aromatic N) is 8. The Hall–Kier alpha value is -4.81. The summed E-state index contributed by atoms with van der Waals surface area (Å²) in [7, 11) is 0. The summed E-state index contributed by atoms with van der Waals surface area (Å²) in [6.07, 6.45) is 13.8. The van der Waals surface area contributed by atoms with Gasteiger partial charge in [0.1, 0.15) is 6.17 Å². The van der Waals surface area contributed by atoms with Crippen LogP contribution >= 0.6 is 0 Å². The summed E-state index contributed by atoms with van der Waals surface area (Å²) in [5.74, 6) is 2.99. The van der Waals surface area contributed by atoms with Gasteiger partial charge in [0.2, 0.25) is 47.3 Å². The highest BCUT2D eigenvalue weighted by molar-refractivity contribution is 5.85. The molecule has 0 radical (unpaired) electrons. The van der Waals surface area contributed by atoms with E-state index in [1.807, 2.05) is 196 Å². The minimum Gasteiger partial charge on any atom is -0.402 e. The molecule has 8 aliphatic rings. The van der Waals surface area contributed by atoms with Gasteiger partial charge in [-0.15, -0.1) is 0 Å². The Balaban J connectivity index is 0.000000544. The van der Waals surface area contributed by atoms with Gasteiger partial charge in [0.25, 0.3) is 0 Å². The lowest BCUT2D eigenvalue weighted by molar-refractivity contribution is -0.147. The fourth-order valence-electron chi connectivity index (χ4n) is 11.4. The van der Waals surface area contributed by atoms with Crippen molar-refractivity contribution in [2.24, 2.45) is 60.9 Å². The molecular formula is C76H142FN9O9. The van der Waals surface area contributed by atoms with Gasteiger partial charge in [-0.3, -0.25) is 38.4 Å². The fraction of sp³-hybridized carbons (Fsp3) is 0.868. The minimum absolute atomic E-state index is 0.0476. The smallest absolute Gasteiger partial charge is 0.228 e. The second kappa shape index (κ2) is 38.0. The van der Waals surface area contributed by atoms with Gasteiger partial charge in [0.15, 0.2) is 0 Å². The Kier molecular flexibility index (Phi) is 35.2. The predicted octanol–water partition coefficient (Wildman–Crippen LogP) is 12.5. The molecule has 0 spiro atoms. The van der Waals surface area contributed by atoms with Crippen molar-refractivity contribution in [1.82, 2.24) is 39.2 Å². The standard InChI is InChI=1S/C11H20N2O.C11H21NO.2C10H19NO.C9H17NO2.C9H17NO.C8H14FNO.C8H15NO/c1-8(12)9-5-6-13(7-9)10(14)11(2,3)4;1-9-5-7-12(8-6-9)10(13)11(2,3)4;2*1-10(2,3)9(12)11-7-5-4-6-8-11;1-9(2,3)8(12)10-5-4-7(11)6-10;1-9(2,3)8(11)10-6-4-5-7-10;1-8(2,3)7(11)10-4-6(9)5-10;1-8(2,3)7(10)9-5-4-6-9/h9H,1,5-7,12H2,2-4H3;9H,5-8H2,1-4H3;2*4-8H2,1-3H3;7,11H,4-6H2,1-3H3;4-7H2,1-3H3;6H,4-5H2,1-3H3;4-6H2,1-3H3. The molecule has 0 bridgehead atoms. The highest BCUT2D eigenvalue weighted by Gasteiger charge is 2.38. The SMILES string of the molecule is C=C(N)C1CCN(C(=O)C(C)(C)C)C1.CC(C)(C)C(=O)N1CC(F)C1.CC(C)(C)C(=O)N1CCC(O)C1.CC(C)(C)C(=O)N1CCC1.CC(C)(C)C(=O)N1CCCC1.CC(C)(C)C(=O)N1CCCCC1.CC(C)(C)C(=O)N1CCCCC1.CC1CCN(C(=O)C(C)(C)C)CC1. The summed E-state index contributed by atoms with van der Waals surface area (Å²) in [6.45, 7) is 65.8. The van der Waals surface area contributed by atoms with E-state index in [-0.39, 0.29) is 80.2 Å². The maximum absolute atomic E-state index is 12.3. The number of hydrogen-bond donors (Lipinski definition) is 2. The number of β-amino-alcohol motifs (C(OH)–C–C–N with tert-alkyl or cyclic N) is 1. The first kappa shape index (κ1) is 88.2. The lowest BCUT2D eigenvalue weighted by atomic mass is 9.92. The van der Waals surface area contributed by atoms with Crippen LogP contribution in [0.2, 0.25) is 0 Å². The van der Waals surface area contributed by atoms with Crippen LogP contribution in [0.1, 0.15) is 257 Å². The van der Waals surface area contributed by atoms with E-state index in [1.165, 1.54) is 70.6 Å². The van der Waals surface area contributed by atoms with Gasteiger partial charge in [0, 0.05) is 147 Å². The third kappa shape index (κ3) is 32.6. The molecule has 19 heteroatoms. The highest BCUT2D eigenvalue weighted by atomic mass is 19.1. The quantitative estimate of drug-likeness (QED) is 0.254. The number of aliphatic hydroxyl groups excluding tert-OH is 1. The van der Waals surface area contributed by atoms with E-state index in [4.69, 9.17) is 5.73 Å². The van der Waals surface area contributed by atoms with E-state index in [1.54, 1.807) is 9.80 Å². The van der Waals surface area contributed by atoms with Gasteiger partial charge in [-0.1, -0.05) is 180 Å². The first-order valence-corrected chi connectivity index (χ1v) is 36.2. The number of alkyl halides is 1. The molecule has 3 N–H and O–H groups in total. The monoisotopic (exact) mass is 1340 g/mol. The largest absolute Gasteiger partial charge is 0.402 e. The van der Waals surface area contributed by atoms with Crippen LogP contribution in [0.4, 0.5) is 4.39 Å². The third-order valence-corrected chi connectivity index (χ3v) is 17.6. The van der Waals surface area contributed by atoms with Gasteiger partial charge in [-0.2, -0.15) is 0 Å². The zero-order chi connectivity index (χ0) is 73.6. The Labute approximate surface area is 578 Å². The van der Waals surface area contributed by atoms with Crippen molar-refractivity contribution in [2.45, 2.75) is 269 Å². The molecule has 2 atom stereocenters. The van der Waals surface area contributed by atoms with Gasteiger partial charge in [-0.05, 0) is 89.4 Å². The van der Waals surface area contributed by atoms with E-state index in [0.717, 1.165) is 97.3 Å². The van der Waals surface area contributed by atoms with Crippen molar-refractivity contribution in [3.63, 3.8) is 0 Å². The highest BCUT2D eigenvalue weighted by Crippen LogP contribution is 2.29. The van der Waals surface area contributed by atoms with Crippen molar-refractivity contribution in [3.8, 4) is 0 Å². The summed E-state index contributed by atoms with van der Waals surface area (Å²) in [5, 5.41) is 9.22. The van der Waals surface area contributed by atoms with Crippen molar-refractivity contribution in [2.75, 3.05) is 105 Å². The molecule has 0 aromatic heterocycles. The van der Waals surface area contributed by atoms with Crippen LogP contribution in [0.15, 0.2) is 12.3 Å². The molecule has 8 saturated heterocycles. The number of nitrogens with two attached hydrogens (primary N) is 1. The average molecular weight is 1350 g/mol. The minimum atomic E-state index is -0.790. The molecule has 8 rings (SSSR count). The lowest BCUT2D eigenvalue weighted by Crippen LogP contribution is -2.54. The summed E-state index contributed by atoms with van der Waals surface area (Å²) in [6, 6.07) is 0. The van der Waals surface area contributed by atoms with Crippen molar-refractivity contribution in [3.05, 3.63) is 12.3 Å². The van der Waals surface area contributed by atoms with Gasteiger partial charge in [-0.25, -0.2) is 4.39 Å². The Morgan fingerprint density at radius 3 is 0.758 bits per heavy atom. The van der Waals surface area contributed by atoms with E-state index < -0.39 is 6.17 Å². The summed E-state index contributed by atoms with van der Waals surface area (Å²) in [5.41, 5.74) is 4.40. The van der Waals surface area contributed by atoms with Crippen LogP contribution < -0.4 is 5.73 Å². The molecule has 8 amide bonds. The molecule has 0 aromatic carbocycles. The zero-order valence-electron chi connectivity index (χ0n) is 65.3. The van der Waals surface area contributed by atoms with Crippen molar-refractivity contribution < 1.29 is 47.9 Å². The summed E-state index contributed by atoms with van der Waals surface area (Å²) < 4.78 is 12.3. The van der Waals surface area contributed by atoms with E-state index in [2.05, 4.69) is 13.5 Å². The van der Waals surface area contributed by atoms with Crippen LogP contribution in [0.3, 0.4) is 0 Å². The molecule has 552 valence electrons. The summed E-state index contributed by atoms with van der Waals surface area (Å²) >= 11 is 0. The van der Waals surface area contributed by atoms with Gasteiger partial charge < -0.3 is 50.0 Å². The molecule has 8 aliphatic heterocycles. The van der Waals surface area contributed by atoms with Crippen LogP contribution in [0, 0.1) is 55.2 Å². The number of piperidine rings is 3. The normalized spacial score (nSPS) is 20.6. The molecule has 95 heavy (non-hydrogen) atoms. The number of hydrogen-bond acceptors (Lipinski definition) is 10. The van der Waals surface area contributed by atoms with Crippen LogP contribution in [-0.4, -0.2) is 209 Å². The molecule has 8 fully saturated rings. The average Bonchev–Trinajstić information content (AvgIpc) is 1.79. The third-order valence-electron chi connectivity index (χ3n) is 17.6. The topological polar surface area (TPSA) is 209 Å². The van der Waals surface area contributed by atoms with Crippen LogP contribution in [0.25, 0.3) is 0 Å². The van der Waals surface area contributed by atoms with Gasteiger partial charge >= 0.3 is 0 Å². The molecule has 18 nitrogen and oxygen atoms in total. The maximum Gasteiger partial charge on any atom is 0.228 e. The first-order chi connectivity index (χ1) is 43.1. The Bertz CT molecular complexity index is 2330. The molecule has 0 aromatic rings. The number of aliphatic hydroxyl groups is 1. The zero-order valence-corrected chi connectivity index (χ0v) is 65.3. The molecule has 0 aliphatic carbocycles. The van der Waals surface area contributed by atoms with Crippen LogP contribution in [-0.2, 0) is 38.4 Å². The Morgan fingerprint density at radius 1 is 0.316 bits per heavy atom. The number of rotatable bonds is 1. The van der Waals surface area contributed by atoms with Crippen molar-refractivity contribution in [1.29, 1.82) is 0 Å². The fourth-order valence-corrected chi connectivity index (χ4v) is 11.4. The molecular weight excluding hydrogens is 1200 g/mol. The predicted molar refractivity (Wildman–Crippen MR) is 385 cm³/mol. The number of likely N-dealkylation sites (tertiary alicyclic amines) is 8. The van der Waals surface area contributed by atoms with E-state index in [9.17, 15) is 47.9 Å². The van der Waals surface area contributed by atoms with Crippen LogP contribution in [0.5, 0.6) is 0 Å². The first-order valence-electron chi connectivity index (χ1n) is 36.2. The second-order valence-electron chi connectivity index (χ2n) is 36.1. The number of halogens is 1. The van der Waals surface area contributed by atoms with E-state index in [0.29, 0.717) is 54.2 Å². The summed E-state index contributed by atoms with van der Waals surface area (Å²) in [4.78, 5) is 108. The second-order valence-corrected chi connectivity index (χ2v) is 36.1. The molecule has 2 unspecified atom stereocenters. The van der Waals surface area contributed by atoms with E-state index >= 15 is 0 Å². The van der Waals surface area contributed by atoms with Crippen molar-refractivity contribution >= 4 is 47.3 Å². The Morgan fingerprint density at radius 2 is 0.537 bits per heavy atom. The number of carbonyl (C=O) groups excluding carboxylic acids is 8. The number of carbonyl (C=O) groups is 8. The van der Waals surface area contributed by atoms with Gasteiger partial charge in [0.05, 0.1) is 19.2 Å². The number of amides is 8. The molecule has 8 heterocycles. The maximum atomic E-state index is 12.3. The lowest BCUT2D eigenvalue weighted by Gasteiger charge is -2.38. The molecule has 0 saturated carbocycles.